The van der Waals surface area contributed by atoms with Crippen molar-refractivity contribution >= 4 is 33.7 Å². The van der Waals surface area contributed by atoms with E-state index in [9.17, 15) is 4.79 Å². The van der Waals surface area contributed by atoms with Gasteiger partial charge in [0.05, 0.1) is 6.04 Å². The third-order valence-electron chi connectivity index (χ3n) is 7.44. The van der Waals surface area contributed by atoms with Crippen molar-refractivity contribution in [1.29, 1.82) is 0 Å². The summed E-state index contributed by atoms with van der Waals surface area (Å²) in [7, 11) is 0. The molecule has 178 valence electrons. The lowest BCUT2D eigenvalue weighted by molar-refractivity contribution is 0.0598. The molecule has 2 unspecified atom stereocenters. The van der Waals surface area contributed by atoms with Gasteiger partial charge in [0, 0.05) is 61.5 Å². The zero-order chi connectivity index (χ0) is 22.8. The Labute approximate surface area is 200 Å². The minimum Gasteiger partial charge on any atom is -0.379 e. The first-order valence-electron chi connectivity index (χ1n) is 12.4. The average molecular weight is 469 g/mol. The largest absolute Gasteiger partial charge is 0.379 e. The molecule has 1 aromatic heterocycles. The number of carbonyl (C=O) groups is 1. The monoisotopic (exact) mass is 468 g/mol. The molecule has 0 bridgehead atoms. The van der Waals surface area contributed by atoms with Gasteiger partial charge in [-0.15, -0.1) is 0 Å². The van der Waals surface area contributed by atoms with Crippen molar-refractivity contribution in [3.8, 4) is 0 Å². The van der Waals surface area contributed by atoms with E-state index in [0.717, 1.165) is 68.3 Å². The molecule has 3 heterocycles. The second-order valence-electron chi connectivity index (χ2n) is 9.60. The fraction of sp³-hybridized carbons (Fsp3) is 0.600. The van der Waals surface area contributed by atoms with Crippen molar-refractivity contribution < 1.29 is 4.79 Å². The molecule has 5 rings (SSSR count). The number of piperazine rings is 1. The molecule has 3 aliphatic rings. The Kier molecular flexibility index (Phi) is 6.94. The Hall–Kier alpha value is -2.03. The Balaban J connectivity index is 1.11. The predicted octanol–water partition coefficient (Wildman–Crippen LogP) is 2.99. The van der Waals surface area contributed by atoms with Crippen molar-refractivity contribution in [2.24, 2.45) is 10.7 Å². The summed E-state index contributed by atoms with van der Waals surface area (Å²) in [5.74, 6) is 0.116. The topological polar surface area (TPSA) is 81.0 Å². The van der Waals surface area contributed by atoms with Crippen LogP contribution in [0.1, 0.15) is 43.1 Å². The van der Waals surface area contributed by atoms with Gasteiger partial charge in [-0.3, -0.25) is 19.6 Å². The molecule has 2 aromatic rings. The van der Waals surface area contributed by atoms with Crippen LogP contribution in [0.2, 0.25) is 0 Å². The van der Waals surface area contributed by atoms with Crippen molar-refractivity contribution in [3.63, 3.8) is 0 Å². The summed E-state index contributed by atoms with van der Waals surface area (Å²) in [6.07, 6.45) is 4.78. The third kappa shape index (κ3) is 5.08. The number of hydrogen-bond acceptors (Lipinski definition) is 6. The van der Waals surface area contributed by atoms with Crippen LogP contribution in [-0.2, 0) is 0 Å². The van der Waals surface area contributed by atoms with Gasteiger partial charge in [0.2, 0.25) is 0 Å². The molecule has 1 aromatic carbocycles. The SMILES string of the molecule is CCCN(CCN1CCN(C(=O)c2cc3ccccc3[nH]2)CC1)C1CCC2N=C(N)S[C@@H]2C1. The van der Waals surface area contributed by atoms with Crippen molar-refractivity contribution in [2.75, 3.05) is 45.8 Å². The average Bonchev–Trinajstić information content (AvgIpc) is 3.43. The standard InChI is InChI=1S/C25H36N6OS/c1-2-9-30(19-7-8-21-23(17-19)33-25(26)28-21)13-10-29-11-14-31(15-12-29)24(32)22-16-18-5-3-4-6-20(18)27-22/h3-6,16,19,21,23,27H,2,7-15,17H2,1H3,(H2,26,28)/t19?,21?,23-/m1/s1. The molecule has 2 aliphatic heterocycles. The first-order valence-corrected chi connectivity index (χ1v) is 13.3. The summed E-state index contributed by atoms with van der Waals surface area (Å²) in [6.45, 7) is 9.09. The highest BCUT2D eigenvalue weighted by molar-refractivity contribution is 8.14. The first-order chi connectivity index (χ1) is 16.1. The number of rotatable bonds is 7. The number of thioether (sulfide) groups is 1. The highest BCUT2D eigenvalue weighted by atomic mass is 32.2. The van der Waals surface area contributed by atoms with E-state index >= 15 is 0 Å². The Bertz CT molecular complexity index is 965. The number of nitrogens with one attached hydrogen (secondary N) is 1. The predicted molar refractivity (Wildman–Crippen MR) is 137 cm³/mol. The Morgan fingerprint density at radius 2 is 2.03 bits per heavy atom. The highest BCUT2D eigenvalue weighted by Gasteiger charge is 2.37. The fourth-order valence-corrected chi connectivity index (χ4v) is 6.79. The van der Waals surface area contributed by atoms with E-state index in [1.807, 2.05) is 35.2 Å². The summed E-state index contributed by atoms with van der Waals surface area (Å²) in [6, 6.07) is 11.1. The molecule has 2 fully saturated rings. The number of amides is 1. The van der Waals surface area contributed by atoms with Crippen LogP contribution in [0.3, 0.4) is 0 Å². The Morgan fingerprint density at radius 1 is 1.21 bits per heavy atom. The number of carbonyl (C=O) groups excluding carboxylic acids is 1. The maximum Gasteiger partial charge on any atom is 0.270 e. The van der Waals surface area contributed by atoms with E-state index in [1.54, 1.807) is 11.8 Å². The van der Waals surface area contributed by atoms with Gasteiger partial charge in [0.25, 0.3) is 5.91 Å². The molecule has 3 atom stereocenters. The van der Waals surface area contributed by atoms with Crippen LogP contribution in [0.25, 0.3) is 10.9 Å². The summed E-state index contributed by atoms with van der Waals surface area (Å²) >= 11 is 1.79. The van der Waals surface area contributed by atoms with Gasteiger partial charge < -0.3 is 15.6 Å². The molecule has 1 saturated heterocycles. The molecule has 3 N–H and O–H groups in total. The van der Waals surface area contributed by atoms with E-state index in [2.05, 4.69) is 26.7 Å². The normalized spacial score (nSPS) is 26.1. The molecule has 0 spiro atoms. The van der Waals surface area contributed by atoms with Crippen LogP contribution in [0.15, 0.2) is 35.3 Å². The summed E-state index contributed by atoms with van der Waals surface area (Å²) in [4.78, 5) is 28.1. The van der Waals surface area contributed by atoms with E-state index in [-0.39, 0.29) is 5.91 Å². The number of aromatic amines is 1. The quantitative estimate of drug-likeness (QED) is 0.653. The number of fused-ring (bicyclic) bond motifs is 2. The maximum absolute atomic E-state index is 13.0. The van der Waals surface area contributed by atoms with Crippen molar-refractivity contribution in [3.05, 3.63) is 36.0 Å². The van der Waals surface area contributed by atoms with Gasteiger partial charge in [0.1, 0.15) is 5.69 Å². The highest BCUT2D eigenvalue weighted by Crippen LogP contribution is 2.37. The second kappa shape index (κ2) is 10.1. The number of benzene rings is 1. The number of hydrogen-bond donors (Lipinski definition) is 2. The lowest BCUT2D eigenvalue weighted by atomic mass is 9.90. The van der Waals surface area contributed by atoms with E-state index in [1.165, 1.54) is 19.3 Å². The summed E-state index contributed by atoms with van der Waals surface area (Å²) < 4.78 is 0. The van der Waals surface area contributed by atoms with Gasteiger partial charge in [-0.25, -0.2) is 0 Å². The number of nitrogens with two attached hydrogens (primary N) is 1. The van der Waals surface area contributed by atoms with Crippen molar-refractivity contribution in [2.45, 2.75) is 49.9 Å². The van der Waals surface area contributed by atoms with Crippen molar-refractivity contribution in [1.82, 2.24) is 19.7 Å². The van der Waals surface area contributed by atoms with Gasteiger partial charge in [-0.05, 0) is 44.4 Å². The molecule has 0 radical (unpaired) electrons. The van der Waals surface area contributed by atoms with Crippen LogP contribution in [0.5, 0.6) is 0 Å². The summed E-state index contributed by atoms with van der Waals surface area (Å²) in [5, 5.41) is 2.45. The lowest BCUT2D eigenvalue weighted by Crippen LogP contribution is -2.51. The molecule has 7 nitrogen and oxygen atoms in total. The number of aliphatic imine (C=N–C) groups is 1. The molecular weight excluding hydrogens is 432 g/mol. The van der Waals surface area contributed by atoms with E-state index < -0.39 is 0 Å². The van der Waals surface area contributed by atoms with Gasteiger partial charge >= 0.3 is 0 Å². The van der Waals surface area contributed by atoms with E-state index in [0.29, 0.717) is 23.0 Å². The van der Waals surface area contributed by atoms with E-state index in [4.69, 9.17) is 5.73 Å². The number of H-pyrrole nitrogens is 1. The molecule has 1 amide bonds. The smallest absolute Gasteiger partial charge is 0.270 e. The zero-order valence-electron chi connectivity index (χ0n) is 19.6. The van der Waals surface area contributed by atoms with Gasteiger partial charge in [-0.1, -0.05) is 36.9 Å². The first kappa shape index (κ1) is 22.7. The molecule has 8 heteroatoms. The molecule has 1 saturated carbocycles. The van der Waals surface area contributed by atoms with Gasteiger partial charge in [0.15, 0.2) is 5.17 Å². The minimum absolute atomic E-state index is 0.116. The van der Waals surface area contributed by atoms with Crippen LogP contribution < -0.4 is 5.73 Å². The third-order valence-corrected chi connectivity index (χ3v) is 8.60. The Morgan fingerprint density at radius 3 is 2.82 bits per heavy atom. The number of nitrogens with zero attached hydrogens (tertiary/aromatic N) is 4. The molecule has 33 heavy (non-hydrogen) atoms. The lowest BCUT2D eigenvalue weighted by Gasteiger charge is -2.40. The van der Waals surface area contributed by atoms with Crippen LogP contribution in [0.4, 0.5) is 0 Å². The number of aromatic nitrogens is 1. The maximum atomic E-state index is 13.0. The second-order valence-corrected chi connectivity index (χ2v) is 10.9. The van der Waals surface area contributed by atoms with Crippen LogP contribution in [0, 0.1) is 0 Å². The van der Waals surface area contributed by atoms with Crippen LogP contribution in [-0.4, -0.2) is 93.9 Å². The summed E-state index contributed by atoms with van der Waals surface area (Å²) in [5.41, 5.74) is 7.70. The number of para-hydroxylation sites is 1. The fourth-order valence-electron chi connectivity index (χ4n) is 5.61. The zero-order valence-corrected chi connectivity index (χ0v) is 20.4. The van der Waals surface area contributed by atoms with Gasteiger partial charge in [-0.2, -0.15) is 0 Å². The molecule has 1 aliphatic carbocycles. The van der Waals surface area contributed by atoms with Crippen LogP contribution >= 0.6 is 11.8 Å². The minimum atomic E-state index is 0.116. The number of amidine groups is 1. The molecular formula is C25H36N6OS.